The van der Waals surface area contributed by atoms with E-state index in [1.54, 1.807) is 6.92 Å². The number of H-pyrrole nitrogens is 1. The lowest BCUT2D eigenvalue weighted by Gasteiger charge is -2.41. The quantitative estimate of drug-likeness (QED) is 0.646. The number of aromatic amines is 1. The second-order valence-electron chi connectivity index (χ2n) is 8.16. The molecule has 2 heterocycles. The van der Waals surface area contributed by atoms with E-state index in [9.17, 15) is 14.7 Å². The second-order valence-corrected chi connectivity index (χ2v) is 8.16. The van der Waals surface area contributed by atoms with E-state index in [0.29, 0.717) is 24.7 Å². The maximum atomic E-state index is 12.1. The molecule has 8 nitrogen and oxygen atoms in total. The summed E-state index contributed by atoms with van der Waals surface area (Å²) >= 11 is 0. The van der Waals surface area contributed by atoms with Gasteiger partial charge in [-0.05, 0) is 37.7 Å². The Labute approximate surface area is 174 Å². The van der Waals surface area contributed by atoms with E-state index in [0.717, 1.165) is 37.9 Å². The third-order valence-electron chi connectivity index (χ3n) is 6.33. The molecule has 1 saturated carbocycles. The summed E-state index contributed by atoms with van der Waals surface area (Å²) in [6.07, 6.45) is 2.95. The molecule has 0 amide bonds. The summed E-state index contributed by atoms with van der Waals surface area (Å²) in [6.45, 7) is 4.19. The molecule has 4 rings (SSSR count). The van der Waals surface area contributed by atoms with Crippen LogP contribution in [0.3, 0.4) is 0 Å². The number of hydrogen-bond donors (Lipinski definition) is 3. The monoisotopic (exact) mass is 415 g/mol. The van der Waals surface area contributed by atoms with Crippen LogP contribution in [0.1, 0.15) is 30.5 Å². The van der Waals surface area contributed by atoms with Gasteiger partial charge < -0.3 is 20.1 Å². The number of carbonyl (C=O) groups is 1. The van der Waals surface area contributed by atoms with Crippen LogP contribution in [0.4, 0.5) is 0 Å². The normalized spacial score (nSPS) is 25.8. The summed E-state index contributed by atoms with van der Waals surface area (Å²) in [6, 6.07) is 11.5. The number of aryl methyl sites for hydroxylation is 1. The van der Waals surface area contributed by atoms with Crippen LogP contribution in [0.25, 0.3) is 0 Å². The van der Waals surface area contributed by atoms with Gasteiger partial charge in [0, 0.05) is 43.9 Å². The van der Waals surface area contributed by atoms with Gasteiger partial charge in [0.25, 0.3) is 12.0 Å². The fourth-order valence-corrected chi connectivity index (χ4v) is 4.97. The number of benzene rings is 1. The van der Waals surface area contributed by atoms with Crippen LogP contribution in [0.15, 0.2) is 46.0 Å². The fraction of sp³-hybridized carbons (Fsp3) is 0.500. The minimum Gasteiger partial charge on any atom is -0.483 e. The van der Waals surface area contributed by atoms with Gasteiger partial charge in [-0.15, -0.1) is 0 Å². The first-order valence-electron chi connectivity index (χ1n) is 10.3. The van der Waals surface area contributed by atoms with Crippen LogP contribution in [0.5, 0.6) is 0 Å². The van der Waals surface area contributed by atoms with E-state index >= 15 is 0 Å². The summed E-state index contributed by atoms with van der Waals surface area (Å²) in [5, 5.41) is 18.4. The van der Waals surface area contributed by atoms with Gasteiger partial charge in [0.05, 0.1) is 5.60 Å². The number of hydrogen-bond acceptors (Lipinski definition) is 5. The Morgan fingerprint density at radius 1 is 1.20 bits per heavy atom. The van der Waals surface area contributed by atoms with Crippen LogP contribution in [-0.2, 0) is 16.9 Å². The predicted molar refractivity (Wildman–Crippen MR) is 112 cm³/mol. The number of aromatic nitrogens is 2. The molecule has 3 atom stereocenters. The van der Waals surface area contributed by atoms with E-state index in [-0.39, 0.29) is 23.6 Å². The zero-order chi connectivity index (χ0) is 21.7. The lowest BCUT2D eigenvalue weighted by Crippen LogP contribution is -2.43. The van der Waals surface area contributed by atoms with Gasteiger partial charge in [-0.25, -0.2) is 4.79 Å². The van der Waals surface area contributed by atoms with Crippen LogP contribution in [0, 0.1) is 18.8 Å². The maximum absolute atomic E-state index is 12.1. The molecule has 8 heteroatoms. The average molecular weight is 415 g/mol. The van der Waals surface area contributed by atoms with Crippen molar-refractivity contribution in [3.05, 3.63) is 68.5 Å². The van der Waals surface area contributed by atoms with E-state index < -0.39 is 5.60 Å². The Bertz CT molecular complexity index is 939. The fourth-order valence-electron chi connectivity index (χ4n) is 4.97. The molecule has 3 N–H and O–H groups in total. The third-order valence-corrected chi connectivity index (χ3v) is 6.33. The zero-order valence-corrected chi connectivity index (χ0v) is 17.2. The SMILES string of the molecule is Cc1cc(=O)n(CCN2C[C@@H]3CCC[C@@](O)(c4ccccc4)[C@@H]3C2)c(=O)[nH]1.O=CO. The van der Waals surface area contributed by atoms with Gasteiger partial charge in [0.2, 0.25) is 0 Å². The Balaban J connectivity index is 0.000000806. The van der Waals surface area contributed by atoms with Crippen LogP contribution < -0.4 is 11.2 Å². The smallest absolute Gasteiger partial charge is 0.328 e. The first-order valence-corrected chi connectivity index (χ1v) is 10.3. The van der Waals surface area contributed by atoms with Crippen molar-refractivity contribution in [3.63, 3.8) is 0 Å². The van der Waals surface area contributed by atoms with Crippen molar-refractivity contribution < 1.29 is 15.0 Å². The van der Waals surface area contributed by atoms with Crippen molar-refractivity contribution in [1.82, 2.24) is 14.5 Å². The van der Waals surface area contributed by atoms with Crippen molar-refractivity contribution in [2.75, 3.05) is 19.6 Å². The molecule has 0 unspecified atom stereocenters. The Morgan fingerprint density at radius 3 is 2.57 bits per heavy atom. The molecule has 30 heavy (non-hydrogen) atoms. The standard InChI is InChI=1S/C21H27N3O3.CH2O2/c1-15-12-19(25)24(20(26)22-15)11-10-23-13-16-6-5-9-21(27,18(16)14-23)17-7-3-2-4-8-17;2-1-3/h2-4,7-8,12,16,18,27H,5-6,9-11,13-14H2,1H3,(H,22,26);1H,(H,2,3)/t16-,18+,21+;/m0./s1. The number of aliphatic hydroxyl groups is 1. The molecule has 0 radical (unpaired) electrons. The van der Waals surface area contributed by atoms with E-state index in [2.05, 4.69) is 9.88 Å². The molecule has 1 aliphatic heterocycles. The highest BCUT2D eigenvalue weighted by atomic mass is 16.3. The Hall–Kier alpha value is -2.71. The lowest BCUT2D eigenvalue weighted by atomic mass is 9.67. The predicted octanol–water partition coefficient (Wildman–Crippen LogP) is 1.17. The Morgan fingerprint density at radius 2 is 1.90 bits per heavy atom. The van der Waals surface area contributed by atoms with Gasteiger partial charge in [-0.3, -0.25) is 14.2 Å². The molecule has 2 aliphatic rings. The summed E-state index contributed by atoms with van der Waals surface area (Å²) in [5.41, 5.74) is 0.206. The van der Waals surface area contributed by atoms with Gasteiger partial charge in [0.1, 0.15) is 0 Å². The van der Waals surface area contributed by atoms with Gasteiger partial charge in [-0.1, -0.05) is 30.3 Å². The topological polar surface area (TPSA) is 116 Å². The number of likely N-dealkylation sites (tertiary alicyclic amines) is 1. The summed E-state index contributed by atoms with van der Waals surface area (Å²) in [7, 11) is 0. The average Bonchev–Trinajstić information content (AvgIpc) is 3.13. The zero-order valence-electron chi connectivity index (χ0n) is 17.2. The number of fused-ring (bicyclic) bond motifs is 1. The molecular formula is C22H29N3O5. The van der Waals surface area contributed by atoms with E-state index in [1.165, 1.54) is 10.6 Å². The number of rotatable bonds is 4. The van der Waals surface area contributed by atoms with Crippen molar-refractivity contribution in [2.45, 2.75) is 38.3 Å². The Kier molecular flexibility index (Phi) is 6.89. The van der Waals surface area contributed by atoms with Gasteiger partial charge in [0.15, 0.2) is 0 Å². The molecular weight excluding hydrogens is 386 g/mol. The van der Waals surface area contributed by atoms with Gasteiger partial charge in [-0.2, -0.15) is 0 Å². The van der Waals surface area contributed by atoms with Crippen LogP contribution in [-0.4, -0.2) is 50.8 Å². The molecule has 1 saturated heterocycles. The molecule has 0 bridgehead atoms. The van der Waals surface area contributed by atoms with Crippen molar-refractivity contribution in [3.8, 4) is 0 Å². The van der Waals surface area contributed by atoms with Crippen molar-refractivity contribution in [2.24, 2.45) is 11.8 Å². The highest BCUT2D eigenvalue weighted by Crippen LogP contribution is 2.48. The highest BCUT2D eigenvalue weighted by Gasteiger charge is 2.49. The largest absolute Gasteiger partial charge is 0.483 e. The van der Waals surface area contributed by atoms with Crippen molar-refractivity contribution >= 4 is 6.47 Å². The first-order chi connectivity index (χ1) is 14.4. The lowest BCUT2D eigenvalue weighted by molar-refractivity contribution is -0.122. The molecule has 2 aromatic rings. The van der Waals surface area contributed by atoms with Gasteiger partial charge >= 0.3 is 5.69 Å². The van der Waals surface area contributed by atoms with E-state index in [1.807, 2.05) is 30.3 Å². The first kappa shape index (κ1) is 22.0. The number of carboxylic acid groups (broad SMARTS) is 1. The molecule has 0 spiro atoms. The minimum absolute atomic E-state index is 0.196. The third kappa shape index (κ3) is 4.55. The molecule has 1 aromatic carbocycles. The highest BCUT2D eigenvalue weighted by molar-refractivity contribution is 5.32. The molecule has 1 aromatic heterocycles. The summed E-state index contributed by atoms with van der Waals surface area (Å²) in [4.78, 5) is 37.5. The summed E-state index contributed by atoms with van der Waals surface area (Å²) in [5.74, 6) is 0.652. The number of nitrogens with one attached hydrogen (secondary N) is 1. The minimum atomic E-state index is -0.781. The van der Waals surface area contributed by atoms with Crippen LogP contribution >= 0.6 is 0 Å². The summed E-state index contributed by atoms with van der Waals surface area (Å²) < 4.78 is 1.26. The molecule has 162 valence electrons. The van der Waals surface area contributed by atoms with E-state index in [4.69, 9.17) is 9.90 Å². The van der Waals surface area contributed by atoms with Crippen molar-refractivity contribution in [1.29, 1.82) is 0 Å². The number of nitrogens with zero attached hydrogens (tertiary/aromatic N) is 2. The maximum Gasteiger partial charge on any atom is 0.328 e. The molecule has 1 aliphatic carbocycles. The molecule has 2 fully saturated rings. The second kappa shape index (κ2) is 9.40. The van der Waals surface area contributed by atoms with Crippen LogP contribution in [0.2, 0.25) is 0 Å².